The van der Waals surface area contributed by atoms with Crippen molar-refractivity contribution in [1.29, 1.82) is 0 Å². The predicted molar refractivity (Wildman–Crippen MR) is 73.7 cm³/mol. The molecule has 2 aromatic rings. The molecule has 0 spiro atoms. The van der Waals surface area contributed by atoms with Crippen LogP contribution >= 0.6 is 0 Å². The minimum atomic E-state index is -0.222. The van der Waals surface area contributed by atoms with E-state index in [9.17, 15) is 4.39 Å². The molecule has 0 bridgehead atoms. The number of hydrogen-bond donors (Lipinski definition) is 0. The lowest BCUT2D eigenvalue weighted by Crippen LogP contribution is -3.61. The Labute approximate surface area is 125 Å². The molecule has 0 aromatic heterocycles. The van der Waals surface area contributed by atoms with Crippen LogP contribution in [0.5, 0.6) is 0 Å². The molecule has 2 heteroatoms. The zero-order valence-electron chi connectivity index (χ0n) is 11.8. The maximum absolute atomic E-state index is 13.1. The van der Waals surface area contributed by atoms with Gasteiger partial charge in [0.2, 0.25) is 0 Å². The van der Waals surface area contributed by atoms with Crippen LogP contribution in [0.3, 0.4) is 0 Å². The van der Waals surface area contributed by atoms with Crippen molar-refractivity contribution in [1.82, 2.24) is 0 Å². The molecule has 0 aliphatic carbocycles. The van der Waals surface area contributed by atoms with Gasteiger partial charge in [-0.3, -0.25) is 0 Å². The van der Waals surface area contributed by atoms with Gasteiger partial charge in [-0.05, 0) is 48.2 Å². The summed E-state index contributed by atoms with van der Waals surface area (Å²) in [6.07, 6.45) is 0. The SMILES string of the molecule is Cc1cc(F)ccc1[I+]c1ccc(C(C)(C)C)cc1. The Morgan fingerprint density at radius 2 is 1.58 bits per heavy atom. The summed E-state index contributed by atoms with van der Waals surface area (Å²) in [6, 6.07) is 14.0. The van der Waals surface area contributed by atoms with Gasteiger partial charge in [0.1, 0.15) is 5.82 Å². The van der Waals surface area contributed by atoms with Gasteiger partial charge in [-0.1, -0.05) is 32.9 Å². The number of halogens is 2. The number of aryl methyl sites for hydroxylation is 1. The third kappa shape index (κ3) is 3.78. The van der Waals surface area contributed by atoms with E-state index in [1.54, 1.807) is 12.1 Å². The largest absolute Gasteiger partial charge is 0.358 e. The summed E-state index contributed by atoms with van der Waals surface area (Å²) in [7, 11) is 0. The maximum atomic E-state index is 13.1. The Balaban J connectivity index is 2.20. The van der Waals surface area contributed by atoms with Crippen LogP contribution in [0.2, 0.25) is 0 Å². The quantitative estimate of drug-likeness (QED) is 0.705. The van der Waals surface area contributed by atoms with Gasteiger partial charge in [-0.25, -0.2) is 4.39 Å². The second-order valence-electron chi connectivity index (χ2n) is 5.74. The molecule has 0 atom stereocenters. The lowest BCUT2D eigenvalue weighted by Gasteiger charge is -2.18. The van der Waals surface area contributed by atoms with Crippen molar-refractivity contribution in [2.24, 2.45) is 0 Å². The van der Waals surface area contributed by atoms with Crippen LogP contribution in [0.25, 0.3) is 0 Å². The van der Waals surface area contributed by atoms with Gasteiger partial charge in [0.25, 0.3) is 0 Å². The van der Waals surface area contributed by atoms with Crippen LogP contribution in [0.15, 0.2) is 42.5 Å². The summed E-state index contributed by atoms with van der Waals surface area (Å²) < 4.78 is 15.8. The van der Waals surface area contributed by atoms with Gasteiger partial charge in [0, 0.05) is 5.56 Å². The van der Waals surface area contributed by atoms with Crippen molar-refractivity contribution in [3.63, 3.8) is 0 Å². The van der Waals surface area contributed by atoms with Crippen LogP contribution in [-0.4, -0.2) is 0 Å². The molecular formula is C17H19FI+. The number of hydrogen-bond acceptors (Lipinski definition) is 0. The number of rotatable bonds is 2. The standard InChI is InChI=1S/C17H19FI/c1-12-11-14(18)7-10-16(12)19-15-8-5-13(6-9-15)17(2,3)4/h5-11H,1-4H3/q+1. The van der Waals surface area contributed by atoms with Gasteiger partial charge in [0.05, 0.1) is 0 Å². The monoisotopic (exact) mass is 369 g/mol. The average molecular weight is 369 g/mol. The lowest BCUT2D eigenvalue weighted by atomic mass is 9.87. The molecule has 0 fully saturated rings. The van der Waals surface area contributed by atoms with Gasteiger partial charge >= 0.3 is 21.2 Å². The fourth-order valence-electron chi connectivity index (χ4n) is 1.84. The summed E-state index contributed by atoms with van der Waals surface area (Å²) >= 11 is -0.222. The summed E-state index contributed by atoms with van der Waals surface area (Å²) in [5.74, 6) is -0.145. The van der Waals surface area contributed by atoms with Crippen molar-refractivity contribution in [2.45, 2.75) is 33.1 Å². The fourth-order valence-corrected chi connectivity index (χ4v) is 4.18. The van der Waals surface area contributed by atoms with Crippen molar-refractivity contribution in [2.75, 3.05) is 0 Å². The van der Waals surface area contributed by atoms with E-state index in [4.69, 9.17) is 0 Å². The van der Waals surface area contributed by atoms with E-state index in [2.05, 4.69) is 45.0 Å². The van der Waals surface area contributed by atoms with E-state index in [0.717, 1.165) is 5.56 Å². The third-order valence-corrected chi connectivity index (χ3v) is 6.17. The molecule has 19 heavy (non-hydrogen) atoms. The molecule has 0 saturated heterocycles. The topological polar surface area (TPSA) is 0 Å². The van der Waals surface area contributed by atoms with E-state index >= 15 is 0 Å². The Morgan fingerprint density at radius 1 is 0.947 bits per heavy atom. The predicted octanol–water partition coefficient (Wildman–Crippen LogP) is 1.56. The minimum Gasteiger partial charge on any atom is -0.207 e. The zero-order chi connectivity index (χ0) is 14.0. The van der Waals surface area contributed by atoms with Gasteiger partial charge in [-0.2, -0.15) is 0 Å². The maximum Gasteiger partial charge on any atom is 0.358 e. The van der Waals surface area contributed by atoms with Gasteiger partial charge in [-0.15, -0.1) is 0 Å². The average Bonchev–Trinajstić information content (AvgIpc) is 2.32. The lowest BCUT2D eigenvalue weighted by molar-refractivity contribution is -0.598. The first-order valence-electron chi connectivity index (χ1n) is 6.38. The second kappa shape index (κ2) is 5.61. The smallest absolute Gasteiger partial charge is 0.207 e. The molecule has 0 saturated carbocycles. The van der Waals surface area contributed by atoms with Gasteiger partial charge in [0.15, 0.2) is 7.14 Å². The van der Waals surface area contributed by atoms with Crippen molar-refractivity contribution in [3.05, 3.63) is 66.5 Å². The second-order valence-corrected chi connectivity index (χ2v) is 8.69. The van der Waals surface area contributed by atoms with Crippen LogP contribution < -0.4 is 21.2 Å². The summed E-state index contributed by atoms with van der Waals surface area (Å²) in [5, 5.41) is 0. The minimum absolute atomic E-state index is 0.145. The fraction of sp³-hybridized carbons (Fsp3) is 0.294. The van der Waals surface area contributed by atoms with Crippen molar-refractivity contribution in [3.8, 4) is 0 Å². The molecule has 0 N–H and O–H groups in total. The molecule has 0 radical (unpaired) electrons. The van der Waals surface area contributed by atoms with Crippen LogP contribution in [-0.2, 0) is 5.41 Å². The first-order valence-corrected chi connectivity index (χ1v) is 8.53. The van der Waals surface area contributed by atoms with E-state index in [0.29, 0.717) is 0 Å². The highest BCUT2D eigenvalue weighted by molar-refractivity contribution is 5.22. The van der Waals surface area contributed by atoms with E-state index < -0.39 is 0 Å². The third-order valence-electron chi connectivity index (χ3n) is 3.04. The Bertz CT molecular complexity index is 565. The summed E-state index contributed by atoms with van der Waals surface area (Å²) in [6.45, 7) is 8.66. The molecule has 0 aliphatic rings. The number of benzene rings is 2. The highest BCUT2D eigenvalue weighted by Crippen LogP contribution is 2.20. The highest BCUT2D eigenvalue weighted by Gasteiger charge is 2.20. The zero-order valence-corrected chi connectivity index (χ0v) is 14.0. The molecule has 0 amide bonds. The highest BCUT2D eigenvalue weighted by atomic mass is 127. The first kappa shape index (κ1) is 14.5. The van der Waals surface area contributed by atoms with Crippen LogP contribution in [0.1, 0.15) is 31.9 Å². The van der Waals surface area contributed by atoms with Crippen LogP contribution in [0, 0.1) is 19.9 Å². The first-order chi connectivity index (χ1) is 8.86. The van der Waals surface area contributed by atoms with E-state index in [-0.39, 0.29) is 32.4 Å². The molecule has 0 heterocycles. The molecular weight excluding hydrogens is 350 g/mol. The van der Waals surface area contributed by atoms with Gasteiger partial charge < -0.3 is 0 Å². The van der Waals surface area contributed by atoms with E-state index in [1.165, 1.54) is 12.7 Å². The van der Waals surface area contributed by atoms with Crippen molar-refractivity contribution < 1.29 is 25.6 Å². The Kier molecular flexibility index (Phi) is 4.29. The molecule has 0 unspecified atom stereocenters. The molecule has 2 aromatic carbocycles. The Morgan fingerprint density at radius 3 is 2.11 bits per heavy atom. The Hall–Kier alpha value is -0.900. The molecule has 100 valence electrons. The summed E-state index contributed by atoms with van der Waals surface area (Å²) in [5.41, 5.74) is 2.62. The molecule has 0 nitrogen and oxygen atoms in total. The van der Waals surface area contributed by atoms with Crippen molar-refractivity contribution >= 4 is 0 Å². The summed E-state index contributed by atoms with van der Waals surface area (Å²) in [4.78, 5) is 0. The molecule has 0 aliphatic heterocycles. The molecule has 2 rings (SSSR count). The van der Waals surface area contributed by atoms with Crippen LogP contribution in [0.4, 0.5) is 4.39 Å². The normalized spacial score (nSPS) is 11.6. The van der Waals surface area contributed by atoms with E-state index in [1.807, 2.05) is 13.0 Å².